The maximum atomic E-state index is 11.0. The molecule has 0 spiro atoms. The standard InChI is InChI=1S/C9H10N6O3/c1-18-7-4-2-3-6(9(7)15(16)17)10-5-8-11-13-14-12-8/h2-4,10H,5H2,1H3,(H,11,12,13,14). The number of nitrogens with zero attached hydrogens (tertiary/aromatic N) is 4. The molecule has 2 N–H and O–H groups in total. The average molecular weight is 250 g/mol. The molecule has 0 fully saturated rings. The van der Waals surface area contributed by atoms with Gasteiger partial charge in [-0.25, -0.2) is 0 Å². The summed E-state index contributed by atoms with van der Waals surface area (Å²) in [6.45, 7) is 0.227. The molecule has 0 unspecified atom stereocenters. The molecule has 0 aliphatic rings. The zero-order valence-electron chi connectivity index (χ0n) is 9.45. The molecule has 94 valence electrons. The summed E-state index contributed by atoms with van der Waals surface area (Å²) >= 11 is 0. The lowest BCUT2D eigenvalue weighted by Crippen LogP contribution is -2.05. The minimum absolute atomic E-state index is 0.122. The molecule has 0 radical (unpaired) electrons. The first-order valence-corrected chi connectivity index (χ1v) is 5.00. The molecule has 0 bridgehead atoms. The maximum Gasteiger partial charge on any atom is 0.333 e. The zero-order valence-corrected chi connectivity index (χ0v) is 9.45. The summed E-state index contributed by atoms with van der Waals surface area (Å²) < 4.78 is 4.95. The second-order valence-corrected chi connectivity index (χ2v) is 3.30. The van der Waals surface area contributed by atoms with Gasteiger partial charge < -0.3 is 10.1 Å². The van der Waals surface area contributed by atoms with E-state index in [1.165, 1.54) is 13.2 Å². The second kappa shape index (κ2) is 5.08. The van der Waals surface area contributed by atoms with Crippen LogP contribution in [0, 0.1) is 10.1 Å². The molecule has 1 aromatic carbocycles. The number of nitro benzene ring substituents is 1. The molecule has 0 aliphatic carbocycles. The molecule has 9 heteroatoms. The summed E-state index contributed by atoms with van der Waals surface area (Å²) in [7, 11) is 1.38. The number of hydrogen-bond acceptors (Lipinski definition) is 7. The molecule has 2 aromatic rings. The van der Waals surface area contributed by atoms with Crippen LogP contribution >= 0.6 is 0 Å². The lowest BCUT2D eigenvalue weighted by atomic mass is 10.2. The van der Waals surface area contributed by atoms with Crippen molar-refractivity contribution in [3.05, 3.63) is 34.1 Å². The molecule has 1 aromatic heterocycles. The molecular weight excluding hydrogens is 240 g/mol. The first-order valence-electron chi connectivity index (χ1n) is 5.00. The van der Waals surface area contributed by atoms with Crippen LogP contribution in [0.5, 0.6) is 5.75 Å². The Balaban J connectivity index is 2.24. The van der Waals surface area contributed by atoms with Crippen molar-refractivity contribution in [1.29, 1.82) is 0 Å². The van der Waals surface area contributed by atoms with Gasteiger partial charge in [-0.05, 0) is 12.1 Å². The monoisotopic (exact) mass is 250 g/mol. The fourth-order valence-corrected chi connectivity index (χ4v) is 1.45. The van der Waals surface area contributed by atoms with Crippen molar-refractivity contribution in [3.63, 3.8) is 0 Å². The predicted octanol–water partition coefficient (Wildman–Crippen LogP) is 0.729. The highest BCUT2D eigenvalue weighted by atomic mass is 16.6. The third-order valence-electron chi connectivity index (χ3n) is 2.23. The van der Waals surface area contributed by atoms with Crippen LogP contribution in [0.3, 0.4) is 0 Å². The van der Waals surface area contributed by atoms with Gasteiger partial charge in [0.15, 0.2) is 11.6 Å². The summed E-state index contributed by atoms with van der Waals surface area (Å²) in [6.07, 6.45) is 0. The number of nitro groups is 1. The van der Waals surface area contributed by atoms with E-state index in [0.717, 1.165) is 0 Å². The molecule has 0 aliphatic heterocycles. The minimum Gasteiger partial charge on any atom is -0.490 e. The van der Waals surface area contributed by atoms with E-state index in [-0.39, 0.29) is 18.0 Å². The van der Waals surface area contributed by atoms with Gasteiger partial charge in [0.2, 0.25) is 0 Å². The maximum absolute atomic E-state index is 11.0. The van der Waals surface area contributed by atoms with Crippen molar-refractivity contribution < 1.29 is 9.66 Å². The van der Waals surface area contributed by atoms with Gasteiger partial charge in [0.25, 0.3) is 0 Å². The van der Waals surface area contributed by atoms with E-state index >= 15 is 0 Å². The summed E-state index contributed by atoms with van der Waals surface area (Å²) in [6, 6.07) is 4.77. The van der Waals surface area contributed by atoms with Crippen molar-refractivity contribution in [3.8, 4) is 5.75 Å². The Labute approximate surface area is 101 Å². The average Bonchev–Trinajstić information content (AvgIpc) is 2.88. The quantitative estimate of drug-likeness (QED) is 0.592. The number of nitrogens with one attached hydrogen (secondary N) is 2. The van der Waals surface area contributed by atoms with Crippen LogP contribution in [0.25, 0.3) is 0 Å². The Morgan fingerprint density at radius 2 is 2.39 bits per heavy atom. The minimum atomic E-state index is -0.503. The van der Waals surface area contributed by atoms with E-state index in [0.29, 0.717) is 11.5 Å². The number of aromatic nitrogens is 4. The van der Waals surface area contributed by atoms with Crippen LogP contribution < -0.4 is 10.1 Å². The van der Waals surface area contributed by atoms with Gasteiger partial charge in [0, 0.05) is 0 Å². The molecule has 9 nitrogen and oxygen atoms in total. The molecular formula is C9H10N6O3. The number of benzene rings is 1. The number of ether oxygens (including phenoxy) is 1. The highest BCUT2D eigenvalue weighted by Gasteiger charge is 2.20. The van der Waals surface area contributed by atoms with Crippen LogP contribution in [0.2, 0.25) is 0 Å². The van der Waals surface area contributed by atoms with Crippen molar-refractivity contribution in [2.24, 2.45) is 0 Å². The van der Waals surface area contributed by atoms with E-state index in [4.69, 9.17) is 4.74 Å². The Bertz CT molecular complexity index is 541. The highest BCUT2D eigenvalue weighted by molar-refractivity contribution is 5.68. The van der Waals surface area contributed by atoms with Gasteiger partial charge in [0.05, 0.1) is 18.6 Å². The number of anilines is 1. The number of tetrazole rings is 1. The van der Waals surface area contributed by atoms with E-state index in [1.54, 1.807) is 12.1 Å². The number of H-pyrrole nitrogens is 1. The molecule has 1 heterocycles. The number of hydrogen-bond donors (Lipinski definition) is 2. The van der Waals surface area contributed by atoms with Crippen molar-refractivity contribution in [1.82, 2.24) is 20.6 Å². The SMILES string of the molecule is COc1cccc(NCc2nn[nH]n2)c1[N+](=O)[O-]. The Hall–Kier alpha value is -2.71. The fourth-order valence-electron chi connectivity index (χ4n) is 1.45. The largest absolute Gasteiger partial charge is 0.490 e. The second-order valence-electron chi connectivity index (χ2n) is 3.30. The van der Waals surface area contributed by atoms with Crippen molar-refractivity contribution in [2.75, 3.05) is 12.4 Å². The van der Waals surface area contributed by atoms with Crippen LogP contribution in [0.4, 0.5) is 11.4 Å². The Morgan fingerprint density at radius 3 is 3.00 bits per heavy atom. The van der Waals surface area contributed by atoms with E-state index in [9.17, 15) is 10.1 Å². The summed E-state index contributed by atoms with van der Waals surface area (Å²) in [4.78, 5) is 10.5. The highest BCUT2D eigenvalue weighted by Crippen LogP contribution is 2.34. The Kier molecular flexibility index (Phi) is 3.32. The van der Waals surface area contributed by atoms with Crippen LogP contribution in [0.15, 0.2) is 18.2 Å². The van der Waals surface area contributed by atoms with Crippen molar-refractivity contribution in [2.45, 2.75) is 6.54 Å². The van der Waals surface area contributed by atoms with E-state index < -0.39 is 4.92 Å². The molecule has 0 saturated carbocycles. The number of aromatic amines is 1. The normalized spacial score (nSPS) is 10.1. The summed E-state index contributed by atoms with van der Waals surface area (Å²) in [5, 5.41) is 27.0. The topological polar surface area (TPSA) is 119 Å². The van der Waals surface area contributed by atoms with Crippen LogP contribution in [-0.4, -0.2) is 32.7 Å². The third kappa shape index (κ3) is 2.34. The molecule has 0 saturated heterocycles. The van der Waals surface area contributed by atoms with Gasteiger partial charge in [0.1, 0.15) is 5.69 Å². The zero-order chi connectivity index (χ0) is 13.0. The van der Waals surface area contributed by atoms with E-state index in [1.807, 2.05) is 0 Å². The van der Waals surface area contributed by atoms with Gasteiger partial charge in [-0.15, -0.1) is 10.2 Å². The molecule has 0 amide bonds. The number of rotatable bonds is 5. The van der Waals surface area contributed by atoms with Gasteiger partial charge in [-0.3, -0.25) is 10.1 Å². The lowest BCUT2D eigenvalue weighted by Gasteiger charge is -2.07. The van der Waals surface area contributed by atoms with Crippen molar-refractivity contribution >= 4 is 11.4 Å². The molecule has 0 atom stereocenters. The lowest BCUT2D eigenvalue weighted by molar-refractivity contribution is -0.384. The van der Waals surface area contributed by atoms with Crippen LogP contribution in [0.1, 0.15) is 5.82 Å². The van der Waals surface area contributed by atoms with Gasteiger partial charge >= 0.3 is 5.69 Å². The first-order chi connectivity index (χ1) is 8.72. The summed E-state index contributed by atoms with van der Waals surface area (Å²) in [5.74, 6) is 0.602. The van der Waals surface area contributed by atoms with Crippen LogP contribution in [-0.2, 0) is 6.54 Å². The number of methoxy groups -OCH3 is 1. The predicted molar refractivity (Wildman–Crippen MR) is 61.2 cm³/mol. The molecule has 18 heavy (non-hydrogen) atoms. The van der Waals surface area contributed by atoms with Gasteiger partial charge in [-0.2, -0.15) is 5.21 Å². The third-order valence-corrected chi connectivity index (χ3v) is 2.23. The van der Waals surface area contributed by atoms with E-state index in [2.05, 4.69) is 25.9 Å². The molecule has 2 rings (SSSR count). The van der Waals surface area contributed by atoms with Gasteiger partial charge in [-0.1, -0.05) is 11.3 Å². The first kappa shape index (κ1) is 11.8. The number of para-hydroxylation sites is 1. The smallest absolute Gasteiger partial charge is 0.333 e. The summed E-state index contributed by atoms with van der Waals surface area (Å²) in [5.41, 5.74) is 0.215. The fraction of sp³-hybridized carbons (Fsp3) is 0.222. The Morgan fingerprint density at radius 1 is 1.56 bits per heavy atom.